The van der Waals surface area contributed by atoms with E-state index in [1.54, 1.807) is 0 Å². The lowest BCUT2D eigenvalue weighted by Gasteiger charge is -2.41. The Morgan fingerprint density at radius 2 is 1.79 bits per heavy atom. The molecule has 0 bridgehead atoms. The van der Waals surface area contributed by atoms with Crippen LogP contribution in [0.25, 0.3) is 0 Å². The smallest absolute Gasteiger partial charge is 0.305 e. The first-order valence-electron chi connectivity index (χ1n) is 12.9. The highest BCUT2D eigenvalue weighted by molar-refractivity contribution is 8.00. The molecule has 4 unspecified atom stereocenters. The minimum atomic E-state index is -0.766. The maximum absolute atomic E-state index is 11.4. The first-order chi connectivity index (χ1) is 15.7. The average molecular weight is 479 g/mol. The van der Waals surface area contributed by atoms with Crippen LogP contribution in [0.1, 0.15) is 91.0 Å². The molecular weight excluding hydrogens is 432 g/mol. The summed E-state index contributed by atoms with van der Waals surface area (Å²) in [5.74, 6) is 0.907. The second kappa shape index (κ2) is 13.7. The van der Waals surface area contributed by atoms with Crippen LogP contribution in [0.4, 0.5) is 0 Å². The lowest BCUT2D eigenvalue weighted by Crippen LogP contribution is -2.45. The first-order valence-corrected chi connectivity index (χ1v) is 13.9. The molecule has 33 heavy (non-hydrogen) atoms. The molecular formula is C28H46O4S. The molecule has 0 aromatic heterocycles. The standard InChI is InChI=1S/C28H46O4S/c1-5-32-26(30)16-12-7-6-11-15-23-24(29)17-18-25(23)33-21-28(4,31)27(2,3)20-19-22-13-9-8-10-14-22/h8-10,13-14,23-25,29,31H,5-7,11-12,15-21H2,1-4H3. The van der Waals surface area contributed by atoms with E-state index in [-0.39, 0.29) is 17.5 Å². The summed E-state index contributed by atoms with van der Waals surface area (Å²) in [5.41, 5.74) is 0.356. The van der Waals surface area contributed by atoms with Crippen molar-refractivity contribution in [3.8, 4) is 0 Å². The molecule has 2 rings (SSSR count). The molecule has 188 valence electrons. The van der Waals surface area contributed by atoms with Gasteiger partial charge < -0.3 is 14.9 Å². The molecule has 0 saturated heterocycles. The average Bonchev–Trinajstić information content (AvgIpc) is 3.13. The van der Waals surface area contributed by atoms with Crippen molar-refractivity contribution < 1.29 is 19.7 Å². The Morgan fingerprint density at radius 1 is 1.09 bits per heavy atom. The zero-order valence-electron chi connectivity index (χ0n) is 21.2. The van der Waals surface area contributed by atoms with Crippen molar-refractivity contribution in [3.05, 3.63) is 35.9 Å². The summed E-state index contributed by atoms with van der Waals surface area (Å²) in [6, 6.07) is 10.5. The number of rotatable bonds is 15. The highest BCUT2D eigenvalue weighted by Gasteiger charge is 2.41. The molecule has 5 heteroatoms. The molecule has 0 spiro atoms. The van der Waals surface area contributed by atoms with E-state index in [0.29, 0.717) is 29.9 Å². The topological polar surface area (TPSA) is 66.8 Å². The van der Waals surface area contributed by atoms with E-state index < -0.39 is 5.60 Å². The lowest BCUT2D eigenvalue weighted by atomic mass is 9.73. The minimum Gasteiger partial charge on any atom is -0.466 e. The van der Waals surface area contributed by atoms with Crippen molar-refractivity contribution in [2.45, 2.75) is 109 Å². The Labute approximate surface area is 205 Å². The van der Waals surface area contributed by atoms with E-state index in [1.165, 1.54) is 5.56 Å². The highest BCUT2D eigenvalue weighted by Crippen LogP contribution is 2.43. The molecule has 2 N–H and O–H groups in total. The zero-order chi connectivity index (χ0) is 24.3. The van der Waals surface area contributed by atoms with Crippen LogP contribution in [0.3, 0.4) is 0 Å². The van der Waals surface area contributed by atoms with Gasteiger partial charge >= 0.3 is 5.97 Å². The first kappa shape index (κ1) is 28.2. The summed E-state index contributed by atoms with van der Waals surface area (Å²) in [7, 11) is 0. The Morgan fingerprint density at radius 3 is 2.48 bits per heavy atom. The Kier molecular flexibility index (Phi) is 11.7. The number of aryl methyl sites for hydroxylation is 1. The van der Waals surface area contributed by atoms with Gasteiger partial charge in [-0.1, -0.05) is 63.4 Å². The number of aliphatic hydroxyl groups is 2. The predicted molar refractivity (Wildman–Crippen MR) is 138 cm³/mol. The van der Waals surface area contributed by atoms with E-state index >= 15 is 0 Å². The number of carbonyl (C=O) groups is 1. The number of ether oxygens (including phenoxy) is 1. The Balaban J connectivity index is 1.75. The van der Waals surface area contributed by atoms with Crippen molar-refractivity contribution in [1.29, 1.82) is 0 Å². The van der Waals surface area contributed by atoms with Crippen molar-refractivity contribution in [1.82, 2.24) is 0 Å². The summed E-state index contributed by atoms with van der Waals surface area (Å²) in [6.07, 6.45) is 9.19. The van der Waals surface area contributed by atoms with Crippen molar-refractivity contribution in [2.75, 3.05) is 12.4 Å². The number of esters is 1. The fourth-order valence-corrected chi connectivity index (χ4v) is 6.46. The molecule has 0 amide bonds. The highest BCUT2D eigenvalue weighted by atomic mass is 32.2. The van der Waals surface area contributed by atoms with Gasteiger partial charge in [-0.25, -0.2) is 0 Å². The van der Waals surface area contributed by atoms with Gasteiger partial charge in [0.1, 0.15) is 0 Å². The third-order valence-corrected chi connectivity index (χ3v) is 9.35. The summed E-state index contributed by atoms with van der Waals surface area (Å²) in [5, 5.41) is 22.3. The fraction of sp³-hybridized carbons (Fsp3) is 0.750. The number of thioether (sulfide) groups is 1. The van der Waals surface area contributed by atoms with Crippen LogP contribution in [0.15, 0.2) is 30.3 Å². The van der Waals surface area contributed by atoms with Gasteiger partial charge in [0.05, 0.1) is 18.3 Å². The van der Waals surface area contributed by atoms with Gasteiger partial charge in [0.25, 0.3) is 0 Å². The Bertz CT molecular complexity index is 688. The van der Waals surface area contributed by atoms with Crippen LogP contribution in [0, 0.1) is 11.3 Å². The van der Waals surface area contributed by atoms with E-state index in [2.05, 4.69) is 38.1 Å². The molecule has 1 aromatic carbocycles. The number of aliphatic hydroxyl groups excluding tert-OH is 1. The van der Waals surface area contributed by atoms with Gasteiger partial charge in [-0.05, 0) is 69.3 Å². The van der Waals surface area contributed by atoms with Gasteiger partial charge in [-0.15, -0.1) is 0 Å². The molecule has 4 nitrogen and oxygen atoms in total. The van der Waals surface area contributed by atoms with Gasteiger partial charge in [-0.3, -0.25) is 4.79 Å². The molecule has 1 aromatic rings. The number of unbranched alkanes of at least 4 members (excludes halogenated alkanes) is 3. The summed E-state index contributed by atoms with van der Waals surface area (Å²) in [4.78, 5) is 11.4. The molecule has 1 aliphatic rings. The monoisotopic (exact) mass is 478 g/mol. The molecule has 0 heterocycles. The predicted octanol–water partition coefficient (Wildman–Crippen LogP) is 6.17. The molecule has 1 saturated carbocycles. The van der Waals surface area contributed by atoms with E-state index in [1.807, 2.05) is 31.7 Å². The minimum absolute atomic E-state index is 0.0982. The molecule has 1 aliphatic carbocycles. The SMILES string of the molecule is CCOC(=O)CCCCCCC1C(O)CCC1SCC(C)(O)C(C)(C)CCc1ccccc1. The maximum Gasteiger partial charge on any atom is 0.305 e. The number of benzene rings is 1. The van der Waals surface area contributed by atoms with Crippen LogP contribution < -0.4 is 0 Å². The molecule has 0 radical (unpaired) electrons. The second-order valence-corrected chi connectivity index (χ2v) is 11.8. The molecule has 0 aliphatic heterocycles. The van der Waals surface area contributed by atoms with E-state index in [0.717, 1.165) is 57.8 Å². The van der Waals surface area contributed by atoms with Gasteiger partial charge in [0.15, 0.2) is 0 Å². The van der Waals surface area contributed by atoms with Crippen molar-refractivity contribution in [2.24, 2.45) is 11.3 Å². The fourth-order valence-electron chi connectivity index (χ4n) is 4.67. The van der Waals surface area contributed by atoms with Gasteiger partial charge in [-0.2, -0.15) is 11.8 Å². The van der Waals surface area contributed by atoms with Crippen LogP contribution in [-0.2, 0) is 16.0 Å². The normalized spacial score (nSPS) is 22.8. The van der Waals surface area contributed by atoms with Gasteiger partial charge in [0, 0.05) is 17.4 Å². The zero-order valence-corrected chi connectivity index (χ0v) is 22.0. The molecule has 1 fully saturated rings. The third kappa shape index (κ3) is 9.26. The summed E-state index contributed by atoms with van der Waals surface area (Å²) < 4.78 is 4.98. The van der Waals surface area contributed by atoms with Crippen LogP contribution >= 0.6 is 11.8 Å². The third-order valence-electron chi connectivity index (χ3n) is 7.61. The van der Waals surface area contributed by atoms with E-state index in [4.69, 9.17) is 4.74 Å². The number of hydrogen-bond donors (Lipinski definition) is 2. The number of carbonyl (C=O) groups excluding carboxylic acids is 1. The largest absolute Gasteiger partial charge is 0.466 e. The second-order valence-electron chi connectivity index (χ2n) is 10.6. The lowest BCUT2D eigenvalue weighted by molar-refractivity contribution is -0.143. The Hall–Kier alpha value is -1.04. The van der Waals surface area contributed by atoms with E-state index in [9.17, 15) is 15.0 Å². The number of hydrogen-bond acceptors (Lipinski definition) is 5. The summed E-state index contributed by atoms with van der Waals surface area (Å²) in [6.45, 7) is 8.62. The maximum atomic E-state index is 11.4. The van der Waals surface area contributed by atoms with Crippen LogP contribution in [-0.4, -0.2) is 45.5 Å². The van der Waals surface area contributed by atoms with Crippen LogP contribution in [0.2, 0.25) is 0 Å². The van der Waals surface area contributed by atoms with Crippen LogP contribution in [0.5, 0.6) is 0 Å². The van der Waals surface area contributed by atoms with Crippen molar-refractivity contribution >= 4 is 17.7 Å². The van der Waals surface area contributed by atoms with Crippen molar-refractivity contribution in [3.63, 3.8) is 0 Å². The van der Waals surface area contributed by atoms with Gasteiger partial charge in [0.2, 0.25) is 0 Å². The quantitative estimate of drug-likeness (QED) is 0.233. The summed E-state index contributed by atoms with van der Waals surface area (Å²) >= 11 is 1.86. The molecule has 4 atom stereocenters.